The van der Waals surface area contributed by atoms with E-state index in [1.165, 1.54) is 133 Å². The number of ketones is 10. The minimum absolute atomic E-state index is 0. The van der Waals surface area contributed by atoms with Crippen molar-refractivity contribution in [2.24, 2.45) is 23.7 Å². The molecule has 26 nitrogen and oxygen atoms in total. The fourth-order valence-corrected chi connectivity index (χ4v) is 11.1. The fourth-order valence-electron chi connectivity index (χ4n) is 10.00. The van der Waals surface area contributed by atoms with Crippen molar-refractivity contribution in [1.82, 2.24) is 0 Å². The van der Waals surface area contributed by atoms with Gasteiger partial charge in [0.15, 0.2) is 57.8 Å². The first-order chi connectivity index (χ1) is 51.8. The van der Waals surface area contributed by atoms with E-state index in [1.54, 1.807) is 130 Å². The van der Waals surface area contributed by atoms with Gasteiger partial charge in [-0.25, -0.2) is 16.8 Å². The molecule has 0 radical (unpaired) electrons. The van der Waals surface area contributed by atoms with Gasteiger partial charge in [-0.1, -0.05) is 60.7 Å². The third-order valence-corrected chi connectivity index (χ3v) is 18.0. The van der Waals surface area contributed by atoms with Crippen molar-refractivity contribution in [3.8, 4) is 0 Å². The van der Waals surface area contributed by atoms with Crippen LogP contribution in [0.1, 0.15) is 224 Å². The Hall–Kier alpha value is -5.78. The van der Waals surface area contributed by atoms with Gasteiger partial charge in [0.2, 0.25) is 0 Å². The van der Waals surface area contributed by atoms with Gasteiger partial charge in [0.1, 0.15) is 20.2 Å². The second kappa shape index (κ2) is 65.4. The zero-order valence-electron chi connectivity index (χ0n) is 69.3. The first-order valence-corrected chi connectivity index (χ1v) is 38.3. The molecule has 0 saturated heterocycles. The monoisotopic (exact) mass is 1630 g/mol. The molecule has 0 amide bonds. The standard InChI is InChI=1S/2C10H10O5S.2C10H20O2.3C10H10O2.2C6H14O3.2Na/c2*1-6(11)8-3-9(7(2)12)5-10(4-8)16(13,14)15;2*1-11-7-9-3-5-10(6-4-9)8-12-2;1-7(11)9-3-5-10(6-4-9)8(2)12;2*1-7(11)9-4-3-5-10(6-9)8(2)12;2*1-7-3-5-9-6-4-8-2;;/h2*3-5H,1-2H3,(H,13,14,15);2*9-10H,3-8H2,1-2H3;3*3-6H,1-2H3;2*3-6H2,1-2H3;;/q;;;;;;;;;2*+1/p-2. The van der Waals surface area contributed by atoms with Crippen molar-refractivity contribution in [3.63, 3.8) is 0 Å². The molecule has 614 valence electrons. The Morgan fingerprint density at radius 3 is 0.580 bits per heavy atom. The molecule has 2 aliphatic carbocycles. The van der Waals surface area contributed by atoms with Crippen LogP contribution >= 0.6 is 0 Å². The molecule has 112 heavy (non-hydrogen) atoms. The first-order valence-electron chi connectivity index (χ1n) is 35.5. The van der Waals surface area contributed by atoms with Crippen LogP contribution in [0.4, 0.5) is 0 Å². The van der Waals surface area contributed by atoms with E-state index in [-0.39, 0.29) is 116 Å². The first kappa shape index (κ1) is 113. The van der Waals surface area contributed by atoms with Gasteiger partial charge in [0.05, 0.1) is 62.6 Å². The number of ether oxygens (including phenoxy) is 10. The molecule has 2 saturated carbocycles. The van der Waals surface area contributed by atoms with Gasteiger partial charge in [-0.2, -0.15) is 0 Å². The van der Waals surface area contributed by atoms with E-state index in [2.05, 4.69) is 0 Å². The third-order valence-electron chi connectivity index (χ3n) is 16.3. The van der Waals surface area contributed by atoms with E-state index >= 15 is 0 Å². The van der Waals surface area contributed by atoms with Crippen molar-refractivity contribution in [2.75, 3.05) is 136 Å². The summed E-state index contributed by atoms with van der Waals surface area (Å²) in [6.45, 7) is 22.9. The Morgan fingerprint density at radius 2 is 0.438 bits per heavy atom. The summed E-state index contributed by atoms with van der Waals surface area (Å²) in [5, 5.41) is 0. The molecular weight excluding hydrogens is 1510 g/mol. The molecule has 0 unspecified atom stereocenters. The van der Waals surface area contributed by atoms with Crippen LogP contribution in [0, 0.1) is 23.7 Å². The molecule has 5 aromatic carbocycles. The summed E-state index contributed by atoms with van der Waals surface area (Å²) in [6.07, 6.45) is 10.6. The van der Waals surface area contributed by atoms with Crippen LogP contribution in [0.5, 0.6) is 0 Å². The van der Waals surface area contributed by atoms with Gasteiger partial charge in [-0.3, -0.25) is 47.9 Å². The largest absolute Gasteiger partial charge is 1.00 e. The molecule has 30 heteroatoms. The van der Waals surface area contributed by atoms with Crippen LogP contribution in [0.2, 0.25) is 0 Å². The smallest absolute Gasteiger partial charge is 0.744 e. The molecule has 0 bridgehead atoms. The number of hydrogen-bond acceptors (Lipinski definition) is 26. The Morgan fingerprint density at radius 1 is 0.268 bits per heavy atom. The van der Waals surface area contributed by atoms with Gasteiger partial charge < -0.3 is 56.5 Å². The minimum Gasteiger partial charge on any atom is -0.744 e. The summed E-state index contributed by atoms with van der Waals surface area (Å²) in [4.78, 5) is 109. The van der Waals surface area contributed by atoms with E-state index in [1.807, 2.05) is 0 Å². The van der Waals surface area contributed by atoms with E-state index in [9.17, 15) is 73.9 Å². The molecule has 0 aliphatic heterocycles. The van der Waals surface area contributed by atoms with Gasteiger partial charge in [-0.05, 0) is 193 Å². The summed E-state index contributed by atoms with van der Waals surface area (Å²) >= 11 is 0. The second-order valence-corrected chi connectivity index (χ2v) is 28.3. The SMILES string of the molecule is CC(=O)c1cc(C(C)=O)cc(S(=O)(=O)[O-])c1.CC(=O)c1cc(C(C)=O)cc(S(=O)(=O)[O-])c1.CC(=O)c1ccc(C(C)=O)cc1.CC(=O)c1cccc(C(C)=O)c1.CC(=O)c1cccc(C(C)=O)c1.COCC1CCC(COC)CC1.COCC1CCC(COC)CC1.COCCOCCOC.COCCOCCOC.[Na+].[Na+]. The molecule has 0 aromatic heterocycles. The maximum absolute atomic E-state index is 11.1. The zero-order chi connectivity index (χ0) is 84.0. The third kappa shape index (κ3) is 53.4. The average Bonchev–Trinajstić information content (AvgIpc) is 0.822. The van der Waals surface area contributed by atoms with Gasteiger partial charge >= 0.3 is 59.1 Å². The van der Waals surface area contributed by atoms with Crippen molar-refractivity contribution in [2.45, 2.75) is 130 Å². The number of methoxy groups -OCH3 is 8. The second-order valence-electron chi connectivity index (χ2n) is 25.5. The van der Waals surface area contributed by atoms with Crippen LogP contribution in [0.25, 0.3) is 0 Å². The minimum atomic E-state index is -4.67. The summed E-state index contributed by atoms with van der Waals surface area (Å²) in [7, 11) is 4.44. The van der Waals surface area contributed by atoms with Crippen LogP contribution in [-0.4, -0.2) is 220 Å². The van der Waals surface area contributed by atoms with Crippen molar-refractivity contribution in [1.29, 1.82) is 0 Å². The van der Waals surface area contributed by atoms with E-state index < -0.39 is 53.2 Å². The molecule has 2 fully saturated rings. The topological polar surface area (TPSA) is 377 Å². The Balaban J connectivity index is -0.000000588. The van der Waals surface area contributed by atoms with Crippen molar-refractivity contribution >= 4 is 78.1 Å². The molecule has 0 spiro atoms. The molecule has 0 N–H and O–H groups in total. The maximum atomic E-state index is 11.1. The molecule has 2 aliphatic rings. The Labute approximate surface area is 708 Å². The quantitative estimate of drug-likeness (QED) is 0.0180. The van der Waals surface area contributed by atoms with E-state index in [0.29, 0.717) is 86.2 Å². The zero-order valence-corrected chi connectivity index (χ0v) is 74.9. The number of benzene rings is 5. The predicted molar refractivity (Wildman–Crippen MR) is 416 cm³/mol. The predicted octanol–water partition coefficient (Wildman–Crippen LogP) is 7.04. The van der Waals surface area contributed by atoms with Crippen LogP contribution in [-0.2, 0) is 67.6 Å². The Bertz CT molecular complexity index is 3420. The normalized spacial score (nSPS) is 14.4. The van der Waals surface area contributed by atoms with Gasteiger partial charge in [0.25, 0.3) is 0 Å². The molecule has 0 heterocycles. The fraction of sp³-hybridized carbons (Fsp3) is 0.512. The summed E-state index contributed by atoms with van der Waals surface area (Å²) in [5.74, 6) is 1.57. The number of rotatable bonds is 32. The number of Topliss-reactive ketones (excluding diaryl/α,β-unsaturated/α-hetero) is 10. The van der Waals surface area contributed by atoms with Crippen LogP contribution in [0.3, 0.4) is 0 Å². The molecular formula is C82H116Na2O26S2. The molecule has 5 aromatic rings. The summed E-state index contributed by atoms with van der Waals surface area (Å²) in [6, 6.07) is 26.5. The van der Waals surface area contributed by atoms with Crippen LogP contribution < -0.4 is 59.1 Å². The van der Waals surface area contributed by atoms with Crippen LogP contribution in [0.15, 0.2) is 119 Å². The molecule has 7 rings (SSSR count). The summed E-state index contributed by atoms with van der Waals surface area (Å²) < 4.78 is 115. The van der Waals surface area contributed by atoms with Gasteiger partial charge in [-0.15, -0.1) is 0 Å². The number of hydrogen-bond donors (Lipinski definition) is 0. The number of carbonyl (C=O) groups is 10. The van der Waals surface area contributed by atoms with E-state index in [4.69, 9.17) is 47.4 Å². The maximum Gasteiger partial charge on any atom is 1.00 e. The van der Waals surface area contributed by atoms with Gasteiger partial charge in [0, 0.05) is 139 Å². The van der Waals surface area contributed by atoms with Crippen molar-refractivity contribution in [3.05, 3.63) is 165 Å². The molecule has 0 atom stereocenters. The summed E-state index contributed by atoms with van der Waals surface area (Å²) in [5.41, 5.74) is 3.74. The average molecular weight is 1630 g/mol. The Kier molecular flexibility index (Phi) is 65.7. The van der Waals surface area contributed by atoms with Crippen molar-refractivity contribution < 1.29 is 180 Å². The number of carbonyl (C=O) groups excluding carboxylic acids is 10. The van der Waals surface area contributed by atoms with E-state index in [0.717, 1.165) is 74.4 Å².